The third kappa shape index (κ3) is 4.44. The molecule has 6 nitrogen and oxygen atoms in total. The van der Waals surface area contributed by atoms with Crippen LogP contribution < -0.4 is 4.74 Å². The van der Waals surface area contributed by atoms with Gasteiger partial charge in [-0.2, -0.15) is 13.6 Å². The van der Waals surface area contributed by atoms with Crippen molar-refractivity contribution in [2.75, 3.05) is 0 Å². The number of hydrogen-bond acceptors (Lipinski definition) is 5. The van der Waals surface area contributed by atoms with E-state index in [-0.39, 0.29) is 18.1 Å². The third-order valence-electron chi connectivity index (χ3n) is 3.24. The quantitative estimate of drug-likeness (QED) is 0.582. The van der Waals surface area contributed by atoms with Gasteiger partial charge in [-0.1, -0.05) is 15.9 Å². The lowest BCUT2D eigenvalue weighted by atomic mass is 10.1. The van der Waals surface area contributed by atoms with Crippen LogP contribution in [0.3, 0.4) is 0 Å². The maximum absolute atomic E-state index is 12.2. The maximum atomic E-state index is 12.2. The lowest BCUT2D eigenvalue weighted by molar-refractivity contribution is -0.0498. The third-order valence-corrected chi connectivity index (χ3v) is 3.77. The number of aromatic nitrogens is 4. The number of halogens is 3. The number of nitrogens with zero attached hydrogens (tertiary/aromatic N) is 4. The first-order chi connectivity index (χ1) is 12.0. The minimum atomic E-state index is -2.90. The maximum Gasteiger partial charge on any atom is 0.387 e. The standard InChI is InChI=1S/C16H11BrF2N4O2/c17-12-5-1-11(2-6-12)15-20-22-23(21-15)9-14(24)10-3-7-13(8-4-10)25-16(18)19/h1-8,16H,9H2. The molecule has 0 radical (unpaired) electrons. The zero-order valence-corrected chi connectivity index (χ0v) is 14.2. The van der Waals surface area contributed by atoms with Crippen molar-refractivity contribution in [2.45, 2.75) is 13.2 Å². The molecule has 0 saturated carbocycles. The first-order valence-electron chi connectivity index (χ1n) is 7.13. The summed E-state index contributed by atoms with van der Waals surface area (Å²) in [7, 11) is 0. The zero-order chi connectivity index (χ0) is 17.8. The molecule has 9 heteroatoms. The topological polar surface area (TPSA) is 69.9 Å². The molecule has 2 aromatic carbocycles. The summed E-state index contributed by atoms with van der Waals surface area (Å²) >= 11 is 3.34. The van der Waals surface area contributed by atoms with Gasteiger partial charge in [-0.3, -0.25) is 4.79 Å². The summed E-state index contributed by atoms with van der Waals surface area (Å²) in [5.74, 6) is 0.118. The SMILES string of the molecule is O=C(Cn1nnc(-c2ccc(Br)cc2)n1)c1ccc(OC(F)F)cc1. The van der Waals surface area contributed by atoms with Gasteiger partial charge in [0, 0.05) is 15.6 Å². The van der Waals surface area contributed by atoms with Crippen LogP contribution in [-0.4, -0.2) is 32.6 Å². The number of Topliss-reactive ketones (excluding diaryl/α,β-unsaturated/α-hetero) is 1. The van der Waals surface area contributed by atoms with Gasteiger partial charge in [0.05, 0.1) is 0 Å². The highest BCUT2D eigenvalue weighted by atomic mass is 79.9. The number of tetrazole rings is 1. The number of ketones is 1. The van der Waals surface area contributed by atoms with Crippen molar-refractivity contribution in [3.63, 3.8) is 0 Å². The van der Waals surface area contributed by atoms with E-state index in [0.29, 0.717) is 11.4 Å². The van der Waals surface area contributed by atoms with E-state index in [4.69, 9.17) is 0 Å². The Morgan fingerprint density at radius 2 is 1.80 bits per heavy atom. The minimum absolute atomic E-state index is 0.0112. The van der Waals surface area contributed by atoms with Crippen molar-refractivity contribution in [3.8, 4) is 17.1 Å². The molecule has 3 rings (SSSR count). The van der Waals surface area contributed by atoms with Crippen LogP contribution in [0.5, 0.6) is 5.75 Å². The van der Waals surface area contributed by atoms with Gasteiger partial charge in [0.15, 0.2) is 5.78 Å². The predicted molar refractivity (Wildman–Crippen MR) is 88.4 cm³/mol. The second-order valence-electron chi connectivity index (χ2n) is 4.98. The van der Waals surface area contributed by atoms with E-state index in [9.17, 15) is 13.6 Å². The van der Waals surface area contributed by atoms with Gasteiger partial charge < -0.3 is 4.74 Å². The summed E-state index contributed by atoms with van der Waals surface area (Å²) in [4.78, 5) is 13.4. The average molecular weight is 409 g/mol. The van der Waals surface area contributed by atoms with Crippen LogP contribution in [0.25, 0.3) is 11.4 Å². The Labute approximate surface area is 149 Å². The molecule has 0 amide bonds. The average Bonchev–Trinajstić information content (AvgIpc) is 3.04. The summed E-state index contributed by atoms with van der Waals surface area (Å²) in [6.07, 6.45) is 0. The Balaban J connectivity index is 1.68. The van der Waals surface area contributed by atoms with E-state index >= 15 is 0 Å². The smallest absolute Gasteiger partial charge is 0.387 e. The number of hydrogen-bond donors (Lipinski definition) is 0. The summed E-state index contributed by atoms with van der Waals surface area (Å²) < 4.78 is 29.4. The molecule has 0 N–H and O–H groups in total. The molecule has 0 spiro atoms. The lowest BCUT2D eigenvalue weighted by Gasteiger charge is -2.05. The Morgan fingerprint density at radius 3 is 2.44 bits per heavy atom. The second kappa shape index (κ2) is 7.47. The Hall–Kier alpha value is -2.68. The van der Waals surface area contributed by atoms with E-state index in [1.807, 2.05) is 24.3 Å². The molecule has 1 heterocycles. The van der Waals surface area contributed by atoms with Crippen LogP contribution in [0.4, 0.5) is 8.78 Å². The molecule has 3 aromatic rings. The molecular formula is C16H11BrF2N4O2. The molecule has 0 saturated heterocycles. The Bertz CT molecular complexity index is 867. The molecule has 0 aliphatic carbocycles. The van der Waals surface area contributed by atoms with Crippen LogP contribution in [0.15, 0.2) is 53.0 Å². The number of ether oxygens (including phenoxy) is 1. The summed E-state index contributed by atoms with van der Waals surface area (Å²) in [5.41, 5.74) is 1.11. The number of alkyl halides is 2. The first kappa shape index (κ1) is 17.2. The highest BCUT2D eigenvalue weighted by Gasteiger charge is 2.12. The molecule has 1 aromatic heterocycles. The van der Waals surface area contributed by atoms with E-state index < -0.39 is 6.61 Å². The molecule has 0 unspecified atom stereocenters. The normalized spacial score (nSPS) is 10.9. The van der Waals surface area contributed by atoms with Crippen LogP contribution in [0, 0.1) is 0 Å². The van der Waals surface area contributed by atoms with Crippen molar-refractivity contribution in [1.29, 1.82) is 0 Å². The monoisotopic (exact) mass is 408 g/mol. The molecule has 0 bridgehead atoms. The van der Waals surface area contributed by atoms with Gasteiger partial charge in [0.25, 0.3) is 0 Å². The minimum Gasteiger partial charge on any atom is -0.435 e. The van der Waals surface area contributed by atoms with Crippen LogP contribution in [-0.2, 0) is 6.54 Å². The molecular weight excluding hydrogens is 398 g/mol. The van der Waals surface area contributed by atoms with E-state index in [0.717, 1.165) is 10.0 Å². The van der Waals surface area contributed by atoms with Gasteiger partial charge >= 0.3 is 6.61 Å². The van der Waals surface area contributed by atoms with Crippen molar-refractivity contribution >= 4 is 21.7 Å². The van der Waals surface area contributed by atoms with Gasteiger partial charge in [-0.25, -0.2) is 0 Å². The summed E-state index contributed by atoms with van der Waals surface area (Å²) in [6, 6.07) is 12.8. The molecule has 128 valence electrons. The Morgan fingerprint density at radius 1 is 1.12 bits per heavy atom. The number of rotatable bonds is 6. The van der Waals surface area contributed by atoms with Crippen molar-refractivity contribution in [1.82, 2.24) is 20.2 Å². The fourth-order valence-electron chi connectivity index (χ4n) is 2.07. The Kier molecular flexibility index (Phi) is 5.13. The molecule has 0 aliphatic heterocycles. The number of carbonyl (C=O) groups excluding carboxylic acids is 1. The highest BCUT2D eigenvalue weighted by molar-refractivity contribution is 9.10. The highest BCUT2D eigenvalue weighted by Crippen LogP contribution is 2.18. The number of benzene rings is 2. The van der Waals surface area contributed by atoms with Gasteiger partial charge in [-0.15, -0.1) is 10.2 Å². The lowest BCUT2D eigenvalue weighted by Crippen LogP contribution is -2.13. The van der Waals surface area contributed by atoms with Gasteiger partial charge in [0.2, 0.25) is 5.82 Å². The van der Waals surface area contributed by atoms with Crippen molar-refractivity contribution in [3.05, 3.63) is 58.6 Å². The molecule has 0 fully saturated rings. The number of carbonyl (C=O) groups is 1. The van der Waals surface area contributed by atoms with E-state index in [1.54, 1.807) is 0 Å². The predicted octanol–water partition coefficient (Wildman–Crippen LogP) is 3.59. The molecule has 0 atom stereocenters. The fraction of sp³-hybridized carbons (Fsp3) is 0.125. The van der Waals surface area contributed by atoms with Gasteiger partial charge in [-0.05, 0) is 53.7 Å². The van der Waals surface area contributed by atoms with Gasteiger partial charge in [0.1, 0.15) is 12.3 Å². The fourth-order valence-corrected chi connectivity index (χ4v) is 2.33. The zero-order valence-electron chi connectivity index (χ0n) is 12.6. The van der Waals surface area contributed by atoms with E-state index in [1.165, 1.54) is 29.1 Å². The first-order valence-corrected chi connectivity index (χ1v) is 7.92. The molecule has 0 aliphatic rings. The van der Waals surface area contributed by atoms with E-state index in [2.05, 4.69) is 36.1 Å². The van der Waals surface area contributed by atoms with Crippen molar-refractivity contribution < 1.29 is 18.3 Å². The summed E-state index contributed by atoms with van der Waals surface area (Å²) in [6.45, 7) is -3.02. The van der Waals surface area contributed by atoms with Crippen LogP contribution in [0.2, 0.25) is 0 Å². The van der Waals surface area contributed by atoms with Crippen molar-refractivity contribution in [2.24, 2.45) is 0 Å². The summed E-state index contributed by atoms with van der Waals surface area (Å²) in [5, 5.41) is 11.9. The largest absolute Gasteiger partial charge is 0.435 e. The van der Waals surface area contributed by atoms with Crippen LogP contribution >= 0.6 is 15.9 Å². The van der Waals surface area contributed by atoms with Crippen LogP contribution in [0.1, 0.15) is 10.4 Å². The second-order valence-corrected chi connectivity index (χ2v) is 5.89. The molecule has 25 heavy (non-hydrogen) atoms.